The van der Waals surface area contributed by atoms with Gasteiger partial charge in [0.25, 0.3) is 5.08 Å². The molecule has 0 fully saturated rings. The van der Waals surface area contributed by atoms with Gasteiger partial charge in [0.2, 0.25) is 11.4 Å². The van der Waals surface area contributed by atoms with Crippen LogP contribution in [0.1, 0.15) is 20.8 Å². The standard InChI is InChI=1S/C15H18F2N3O7PS2/c1-4-23-20(24-5-2,27-28(21,22)29)19(9-10(3)30-14(19)18)11-7-6-8-12-13(11)26-15(16,17)25-12/h6-9,18H,4-5H2,1-3H3/p+2. The highest BCUT2D eigenvalue weighted by atomic mass is 32.5. The molecule has 3 N–H and O–H groups in total. The number of fused-ring (bicyclic) bond motifs is 1. The molecule has 1 aromatic rings. The van der Waals surface area contributed by atoms with Gasteiger partial charge < -0.3 is 19.3 Å². The van der Waals surface area contributed by atoms with Crippen molar-refractivity contribution in [3.05, 3.63) is 29.3 Å². The zero-order valence-electron chi connectivity index (χ0n) is 16.1. The Kier molecular flexibility index (Phi) is 6.30. The molecule has 15 heteroatoms. The van der Waals surface area contributed by atoms with Crippen molar-refractivity contribution in [3.63, 3.8) is 0 Å². The molecule has 0 aliphatic carbocycles. The molecule has 0 aromatic heterocycles. The van der Waals surface area contributed by atoms with E-state index in [4.69, 9.17) is 24.4 Å². The van der Waals surface area contributed by atoms with E-state index >= 15 is 0 Å². The summed E-state index contributed by atoms with van der Waals surface area (Å²) in [5, 5.41) is 6.91. The van der Waals surface area contributed by atoms with E-state index in [1.54, 1.807) is 20.8 Å². The van der Waals surface area contributed by atoms with Crippen molar-refractivity contribution >= 4 is 41.1 Å². The van der Waals surface area contributed by atoms with Crippen molar-refractivity contribution in [2.45, 2.75) is 27.1 Å². The maximum absolute atomic E-state index is 13.9. The second kappa shape index (κ2) is 8.06. The summed E-state index contributed by atoms with van der Waals surface area (Å²) in [6.45, 7) is 0.136. The van der Waals surface area contributed by atoms with Crippen LogP contribution in [0.2, 0.25) is 0 Å². The molecular formula is C15H20F2N3O7PS2+2. The summed E-state index contributed by atoms with van der Waals surface area (Å²) >= 11 is 5.61. The van der Waals surface area contributed by atoms with E-state index in [0.717, 1.165) is 11.8 Å². The van der Waals surface area contributed by atoms with Crippen LogP contribution in [0, 0.1) is 5.41 Å². The first kappa shape index (κ1) is 23.5. The first-order valence-corrected chi connectivity index (χ1v) is 12.0. The van der Waals surface area contributed by atoms with E-state index in [0.29, 0.717) is 4.91 Å². The van der Waals surface area contributed by atoms with Gasteiger partial charge in [-0.25, -0.2) is 5.41 Å². The van der Waals surface area contributed by atoms with Gasteiger partial charge in [-0.15, -0.1) is 8.78 Å². The van der Waals surface area contributed by atoms with Crippen molar-refractivity contribution in [1.29, 1.82) is 5.41 Å². The molecule has 0 radical (unpaired) electrons. The second-order valence-electron chi connectivity index (χ2n) is 5.98. The van der Waals surface area contributed by atoms with Gasteiger partial charge in [-0.3, -0.25) is 0 Å². The number of quaternary nitrogens is 2. The number of ether oxygens (including phenoxy) is 2. The summed E-state index contributed by atoms with van der Waals surface area (Å²) in [4.78, 5) is 31.8. The molecule has 2 heterocycles. The number of amidine groups is 1. The number of nitrogens with zero attached hydrogens (tertiary/aromatic N) is 2. The topological polar surface area (TPSA) is 110 Å². The quantitative estimate of drug-likeness (QED) is 0.288. The van der Waals surface area contributed by atoms with Crippen molar-refractivity contribution in [1.82, 2.24) is 4.59 Å². The molecule has 2 aliphatic rings. The van der Waals surface area contributed by atoms with Crippen LogP contribution >= 0.6 is 18.5 Å². The molecule has 3 rings (SSSR count). The van der Waals surface area contributed by atoms with E-state index in [-0.39, 0.29) is 29.8 Å². The lowest BCUT2D eigenvalue weighted by molar-refractivity contribution is -1.40. The third-order valence-electron chi connectivity index (χ3n) is 3.89. The number of hydrogen-bond acceptors (Lipinski definition) is 8. The van der Waals surface area contributed by atoms with Crippen LogP contribution in [0.3, 0.4) is 0 Å². The number of nitrogens with one attached hydrogen (secondary N) is 1. The van der Waals surface area contributed by atoms with Gasteiger partial charge >= 0.3 is 18.2 Å². The molecular weight excluding hydrogens is 467 g/mol. The lowest BCUT2D eigenvalue weighted by atomic mass is 10.2. The molecule has 0 bridgehead atoms. The number of hydrogen-bond donors (Lipinski definition) is 3. The fourth-order valence-electron chi connectivity index (χ4n) is 3.07. The van der Waals surface area contributed by atoms with Crippen molar-refractivity contribution in [3.8, 4) is 11.5 Å². The fraction of sp³-hybridized carbons (Fsp3) is 0.400. The molecule has 1 unspecified atom stereocenters. The van der Waals surface area contributed by atoms with Crippen LogP contribution in [0.15, 0.2) is 29.3 Å². The Hall–Kier alpha value is -1.19. The minimum absolute atomic E-state index is 0.0932. The summed E-state index contributed by atoms with van der Waals surface area (Å²) in [6.07, 6.45) is -2.52. The Labute approximate surface area is 179 Å². The van der Waals surface area contributed by atoms with Gasteiger partial charge in [0.1, 0.15) is 13.2 Å². The smallest absolute Gasteiger partial charge is 0.395 e. The number of rotatable bonds is 8. The molecule has 0 spiro atoms. The van der Waals surface area contributed by atoms with E-state index < -0.39 is 28.4 Å². The van der Waals surface area contributed by atoms with Crippen molar-refractivity contribution < 1.29 is 47.4 Å². The average Bonchev–Trinajstić information content (AvgIpc) is 3.08. The maximum Gasteiger partial charge on any atom is 0.586 e. The van der Waals surface area contributed by atoms with Gasteiger partial charge in [0.05, 0.1) is 4.91 Å². The SMILES string of the molecule is CCO[N+](OCC)(OP(O)(O)=S)[N+]1(c2cccc3c2OC(F)(F)O3)C=C(C)SC1=N. The second-order valence-corrected chi connectivity index (χ2v) is 9.79. The van der Waals surface area contributed by atoms with Crippen LogP contribution in [-0.2, 0) is 26.1 Å². The highest BCUT2D eigenvalue weighted by Gasteiger charge is 2.70. The van der Waals surface area contributed by atoms with Crippen molar-refractivity contribution in [2.24, 2.45) is 0 Å². The molecule has 0 saturated heterocycles. The minimum Gasteiger partial charge on any atom is -0.395 e. The predicted molar refractivity (Wildman–Crippen MR) is 107 cm³/mol. The van der Waals surface area contributed by atoms with E-state index in [9.17, 15) is 18.6 Å². The Bertz CT molecular complexity index is 939. The number of thioether (sulfide) groups is 1. The zero-order valence-corrected chi connectivity index (χ0v) is 18.6. The van der Waals surface area contributed by atoms with Crippen molar-refractivity contribution in [2.75, 3.05) is 13.2 Å². The molecule has 30 heavy (non-hydrogen) atoms. The highest BCUT2D eigenvalue weighted by molar-refractivity contribution is 8.17. The summed E-state index contributed by atoms with van der Waals surface area (Å²) in [6, 6.07) is 4.04. The molecule has 2 aliphatic heterocycles. The summed E-state index contributed by atoms with van der Waals surface area (Å²) in [5.41, 5.74) is -0.0932. The zero-order chi connectivity index (χ0) is 22.4. The summed E-state index contributed by atoms with van der Waals surface area (Å²) in [7, 11) is 0. The van der Waals surface area contributed by atoms with Gasteiger partial charge in [-0.1, -0.05) is 15.7 Å². The Balaban J connectivity index is 2.35. The van der Waals surface area contributed by atoms with Crippen LogP contribution in [0.5, 0.6) is 11.5 Å². The third kappa shape index (κ3) is 4.00. The fourth-order valence-corrected chi connectivity index (χ4v) is 4.70. The highest BCUT2D eigenvalue weighted by Crippen LogP contribution is 2.57. The lowest BCUT2D eigenvalue weighted by Crippen LogP contribution is -2.71. The minimum atomic E-state index is -4.47. The van der Waals surface area contributed by atoms with E-state index in [2.05, 4.69) is 16.5 Å². The molecule has 1 atom stereocenters. The number of benzene rings is 1. The van der Waals surface area contributed by atoms with Crippen LogP contribution in [0.25, 0.3) is 0 Å². The van der Waals surface area contributed by atoms with Gasteiger partial charge in [0.15, 0.2) is 11.9 Å². The van der Waals surface area contributed by atoms with Crippen LogP contribution in [-0.4, -0.2) is 39.5 Å². The normalized spacial score (nSPS) is 23.0. The first-order valence-electron chi connectivity index (χ1n) is 8.60. The molecule has 0 amide bonds. The maximum atomic E-state index is 13.9. The largest absolute Gasteiger partial charge is 0.586 e. The van der Waals surface area contributed by atoms with E-state index in [1.807, 2.05) is 0 Å². The van der Waals surface area contributed by atoms with E-state index in [1.165, 1.54) is 24.4 Å². The number of halogens is 2. The predicted octanol–water partition coefficient (Wildman–Crippen LogP) is 3.63. The molecule has 10 nitrogen and oxygen atoms in total. The Morgan fingerprint density at radius 3 is 2.40 bits per heavy atom. The molecule has 1 aromatic carbocycles. The summed E-state index contributed by atoms with van der Waals surface area (Å²) < 4.78 is 41.2. The van der Waals surface area contributed by atoms with Crippen LogP contribution in [0.4, 0.5) is 14.5 Å². The number of para-hydroxylation sites is 1. The van der Waals surface area contributed by atoms with Gasteiger partial charge in [0, 0.05) is 15.3 Å². The van der Waals surface area contributed by atoms with Gasteiger partial charge in [-0.2, -0.15) is 0 Å². The molecule has 166 valence electrons. The molecule has 0 saturated carbocycles. The Morgan fingerprint density at radius 2 is 1.90 bits per heavy atom. The summed E-state index contributed by atoms with van der Waals surface area (Å²) in [5.74, 6) is -0.683. The van der Waals surface area contributed by atoms with Crippen LogP contribution < -0.4 is 14.1 Å². The number of allylic oxidation sites excluding steroid dienone is 1. The Morgan fingerprint density at radius 1 is 1.27 bits per heavy atom. The lowest BCUT2D eigenvalue weighted by Gasteiger charge is -2.38. The first-order chi connectivity index (χ1) is 13.9. The number of alkyl halides is 2. The average molecular weight is 487 g/mol. The third-order valence-corrected chi connectivity index (χ3v) is 5.41. The monoisotopic (exact) mass is 487 g/mol. The van der Waals surface area contributed by atoms with Gasteiger partial charge in [-0.05, 0) is 50.4 Å².